The molecule has 0 radical (unpaired) electrons. The smallest absolute Gasteiger partial charge is 0.407 e. The van der Waals surface area contributed by atoms with Gasteiger partial charge in [-0.05, 0) is 22.3 Å². The number of thiazole rings is 1. The number of carbonyl (C=O) groups is 3. The quantitative estimate of drug-likeness (QED) is 0.369. The first-order valence-corrected chi connectivity index (χ1v) is 11.5. The molecule has 34 heavy (non-hydrogen) atoms. The number of fused-ring (bicyclic) bond motifs is 3. The number of ether oxygens (including phenoxy) is 1. The molecule has 0 saturated heterocycles. The lowest BCUT2D eigenvalue weighted by atomic mass is 9.98. The first-order valence-electron chi connectivity index (χ1n) is 10.6. The molecule has 10 heteroatoms. The zero-order valence-electron chi connectivity index (χ0n) is 18.1. The summed E-state index contributed by atoms with van der Waals surface area (Å²) in [6, 6.07) is 16.0. The standard InChI is InChI=1S/C24H23N3O6S/c28-14(9-21(29)25-12-22-26-11-20(34-22)23(30)31)10-27-24(32)33-13-19-17-7-3-1-5-15(17)16-6-2-4-8-18(16)19/h1-8,11,14,19,28H,9-10,12-13H2,(H,25,29)(H,27,32)(H,30,31). The van der Waals surface area contributed by atoms with E-state index in [0.717, 1.165) is 33.6 Å². The number of aromatic carboxylic acids is 1. The molecule has 9 nitrogen and oxygen atoms in total. The van der Waals surface area contributed by atoms with Gasteiger partial charge in [-0.3, -0.25) is 4.79 Å². The molecule has 1 unspecified atom stereocenters. The fraction of sp³-hybridized carbons (Fsp3) is 0.250. The third-order valence-corrected chi connectivity index (χ3v) is 6.43. The Morgan fingerprint density at radius 1 is 1.03 bits per heavy atom. The van der Waals surface area contributed by atoms with E-state index in [-0.39, 0.29) is 36.9 Å². The molecule has 2 amide bonds. The van der Waals surface area contributed by atoms with Gasteiger partial charge in [-0.25, -0.2) is 14.6 Å². The van der Waals surface area contributed by atoms with Crippen molar-refractivity contribution in [2.45, 2.75) is 25.0 Å². The molecule has 1 heterocycles. The highest BCUT2D eigenvalue weighted by Gasteiger charge is 2.29. The maximum Gasteiger partial charge on any atom is 0.407 e. The van der Waals surface area contributed by atoms with E-state index >= 15 is 0 Å². The number of alkyl carbamates (subject to hydrolysis) is 1. The first-order chi connectivity index (χ1) is 16.4. The van der Waals surface area contributed by atoms with E-state index in [1.807, 2.05) is 36.4 Å². The number of hydrogen-bond donors (Lipinski definition) is 4. The number of nitrogens with one attached hydrogen (secondary N) is 2. The summed E-state index contributed by atoms with van der Waals surface area (Å²) < 4.78 is 5.41. The number of amides is 2. The molecular weight excluding hydrogens is 458 g/mol. The molecule has 1 aliphatic carbocycles. The van der Waals surface area contributed by atoms with E-state index in [9.17, 15) is 19.5 Å². The van der Waals surface area contributed by atoms with Crippen LogP contribution in [0.5, 0.6) is 0 Å². The molecule has 0 saturated carbocycles. The monoisotopic (exact) mass is 481 g/mol. The summed E-state index contributed by atoms with van der Waals surface area (Å²) in [6.07, 6.45) is -0.792. The van der Waals surface area contributed by atoms with Crippen LogP contribution in [0.15, 0.2) is 54.7 Å². The van der Waals surface area contributed by atoms with E-state index in [1.54, 1.807) is 0 Å². The predicted molar refractivity (Wildman–Crippen MR) is 125 cm³/mol. The number of hydrogen-bond acceptors (Lipinski definition) is 7. The van der Waals surface area contributed by atoms with Crippen LogP contribution in [0.3, 0.4) is 0 Å². The van der Waals surface area contributed by atoms with Crippen LogP contribution >= 0.6 is 11.3 Å². The van der Waals surface area contributed by atoms with Crippen molar-refractivity contribution in [3.05, 3.63) is 75.7 Å². The van der Waals surface area contributed by atoms with Gasteiger partial charge < -0.3 is 25.6 Å². The fourth-order valence-electron chi connectivity index (χ4n) is 3.87. The third kappa shape index (κ3) is 5.41. The molecule has 3 aromatic rings. The molecule has 0 aliphatic heterocycles. The summed E-state index contributed by atoms with van der Waals surface area (Å²) in [7, 11) is 0. The topological polar surface area (TPSA) is 138 Å². The van der Waals surface area contributed by atoms with Crippen LogP contribution in [0.25, 0.3) is 11.1 Å². The molecule has 2 aromatic carbocycles. The lowest BCUT2D eigenvalue weighted by Crippen LogP contribution is -2.36. The number of carboxylic acids is 1. The molecule has 0 fully saturated rings. The number of carboxylic acid groups (broad SMARTS) is 1. The molecule has 1 aliphatic rings. The van der Waals surface area contributed by atoms with E-state index in [0.29, 0.717) is 5.01 Å². The summed E-state index contributed by atoms with van der Waals surface area (Å²) in [5.41, 5.74) is 4.46. The number of aliphatic hydroxyl groups is 1. The summed E-state index contributed by atoms with van der Waals surface area (Å²) in [6.45, 7) is 0.0659. The summed E-state index contributed by atoms with van der Waals surface area (Å²) in [4.78, 5) is 39.0. The lowest BCUT2D eigenvalue weighted by Gasteiger charge is -2.16. The number of aliphatic hydroxyl groups excluding tert-OH is 1. The van der Waals surface area contributed by atoms with Gasteiger partial charge in [-0.15, -0.1) is 11.3 Å². The number of nitrogens with zero attached hydrogens (tertiary/aromatic N) is 1. The molecule has 0 spiro atoms. The van der Waals surface area contributed by atoms with Crippen LogP contribution in [0.1, 0.15) is 38.1 Å². The van der Waals surface area contributed by atoms with Gasteiger partial charge in [0.05, 0.1) is 25.3 Å². The number of aromatic nitrogens is 1. The third-order valence-electron chi connectivity index (χ3n) is 5.45. The fourth-order valence-corrected chi connectivity index (χ4v) is 4.57. The minimum Gasteiger partial charge on any atom is -0.477 e. The molecule has 1 atom stereocenters. The van der Waals surface area contributed by atoms with E-state index in [4.69, 9.17) is 9.84 Å². The predicted octanol–water partition coefficient (Wildman–Crippen LogP) is 2.75. The van der Waals surface area contributed by atoms with Crippen molar-refractivity contribution in [3.8, 4) is 11.1 Å². The van der Waals surface area contributed by atoms with Gasteiger partial charge in [0, 0.05) is 12.5 Å². The molecule has 1 aromatic heterocycles. The van der Waals surface area contributed by atoms with Crippen LogP contribution < -0.4 is 10.6 Å². The van der Waals surface area contributed by atoms with Gasteiger partial charge in [0.25, 0.3) is 0 Å². The Morgan fingerprint density at radius 3 is 2.29 bits per heavy atom. The van der Waals surface area contributed by atoms with E-state index in [1.165, 1.54) is 6.20 Å². The van der Waals surface area contributed by atoms with Crippen LogP contribution in [0.2, 0.25) is 0 Å². The summed E-state index contributed by atoms with van der Waals surface area (Å²) in [5, 5.41) is 24.4. The minimum absolute atomic E-state index is 0.0588. The first kappa shape index (κ1) is 23.4. The van der Waals surface area contributed by atoms with E-state index in [2.05, 4.69) is 27.8 Å². The van der Waals surface area contributed by atoms with Crippen LogP contribution in [0, 0.1) is 0 Å². The van der Waals surface area contributed by atoms with Crippen LogP contribution in [-0.2, 0) is 16.1 Å². The van der Waals surface area contributed by atoms with Crippen molar-refractivity contribution >= 4 is 29.3 Å². The van der Waals surface area contributed by atoms with Crippen LogP contribution in [0.4, 0.5) is 4.79 Å². The lowest BCUT2D eigenvalue weighted by molar-refractivity contribution is -0.123. The molecule has 0 bridgehead atoms. The zero-order valence-corrected chi connectivity index (χ0v) is 18.9. The zero-order chi connectivity index (χ0) is 24.1. The van der Waals surface area contributed by atoms with Crippen molar-refractivity contribution in [2.75, 3.05) is 13.2 Å². The Balaban J connectivity index is 1.20. The highest BCUT2D eigenvalue weighted by Crippen LogP contribution is 2.44. The second kappa shape index (κ2) is 10.4. The van der Waals surface area contributed by atoms with Crippen LogP contribution in [-0.4, -0.2) is 52.4 Å². The highest BCUT2D eigenvalue weighted by atomic mass is 32.1. The molecule has 4 N–H and O–H groups in total. The number of carbonyl (C=O) groups excluding carboxylic acids is 2. The minimum atomic E-state index is -1.11. The van der Waals surface area contributed by atoms with Crippen molar-refractivity contribution < 1.29 is 29.3 Å². The second-order valence-electron chi connectivity index (χ2n) is 7.76. The SMILES string of the molecule is O=C(CC(O)CNC(=O)OCC1c2ccccc2-c2ccccc21)NCc1ncc(C(=O)O)s1. The molecular formula is C24H23N3O6S. The maximum absolute atomic E-state index is 12.2. The number of rotatable bonds is 9. The van der Waals surface area contributed by atoms with Gasteiger partial charge in [-0.2, -0.15) is 0 Å². The Bertz CT molecular complexity index is 1170. The van der Waals surface area contributed by atoms with Crippen molar-refractivity contribution in [2.24, 2.45) is 0 Å². The van der Waals surface area contributed by atoms with Gasteiger partial charge in [0.15, 0.2) is 0 Å². The average Bonchev–Trinajstić information content (AvgIpc) is 3.43. The Morgan fingerprint density at radius 2 is 1.68 bits per heavy atom. The average molecular weight is 482 g/mol. The Hall–Kier alpha value is -3.76. The Labute approximate surface area is 199 Å². The number of benzene rings is 2. The largest absolute Gasteiger partial charge is 0.477 e. The second-order valence-corrected chi connectivity index (χ2v) is 8.88. The van der Waals surface area contributed by atoms with Gasteiger partial charge >= 0.3 is 12.1 Å². The van der Waals surface area contributed by atoms with Crippen molar-refractivity contribution in [1.82, 2.24) is 15.6 Å². The Kier molecular flexibility index (Phi) is 7.19. The summed E-state index contributed by atoms with van der Waals surface area (Å²) in [5.74, 6) is -1.60. The normalized spacial score (nSPS) is 13.0. The molecule has 4 rings (SSSR count). The van der Waals surface area contributed by atoms with Crippen molar-refractivity contribution in [3.63, 3.8) is 0 Å². The molecule has 176 valence electrons. The van der Waals surface area contributed by atoms with Gasteiger partial charge in [0.2, 0.25) is 5.91 Å². The maximum atomic E-state index is 12.2. The highest BCUT2D eigenvalue weighted by molar-refractivity contribution is 7.13. The van der Waals surface area contributed by atoms with Gasteiger partial charge in [0.1, 0.15) is 16.5 Å². The van der Waals surface area contributed by atoms with Crippen molar-refractivity contribution in [1.29, 1.82) is 0 Å². The van der Waals surface area contributed by atoms with Gasteiger partial charge in [-0.1, -0.05) is 48.5 Å². The summed E-state index contributed by atoms with van der Waals surface area (Å²) >= 11 is 0.962. The van der Waals surface area contributed by atoms with E-state index < -0.39 is 24.1 Å².